The SMILES string of the molecule is CC(=O)NCC=Cc1cccc(C(=O)NN)c1. The van der Waals surface area contributed by atoms with Crippen molar-refractivity contribution in [3.63, 3.8) is 0 Å². The zero-order chi connectivity index (χ0) is 12.7. The van der Waals surface area contributed by atoms with Crippen molar-refractivity contribution in [3.8, 4) is 0 Å². The fourth-order valence-corrected chi connectivity index (χ4v) is 1.26. The monoisotopic (exact) mass is 233 g/mol. The van der Waals surface area contributed by atoms with Crippen LogP contribution in [-0.2, 0) is 4.79 Å². The van der Waals surface area contributed by atoms with Gasteiger partial charge in [0.15, 0.2) is 0 Å². The van der Waals surface area contributed by atoms with Gasteiger partial charge in [0.1, 0.15) is 0 Å². The number of hydrazine groups is 1. The number of rotatable bonds is 4. The van der Waals surface area contributed by atoms with Gasteiger partial charge in [0.05, 0.1) is 0 Å². The molecule has 0 aliphatic heterocycles. The Labute approximate surface area is 99.7 Å². The Balaban J connectivity index is 2.65. The molecule has 1 aromatic carbocycles. The first-order valence-electron chi connectivity index (χ1n) is 5.15. The van der Waals surface area contributed by atoms with Crippen molar-refractivity contribution in [3.05, 3.63) is 41.5 Å². The van der Waals surface area contributed by atoms with Gasteiger partial charge < -0.3 is 5.32 Å². The Morgan fingerprint density at radius 1 is 1.41 bits per heavy atom. The summed E-state index contributed by atoms with van der Waals surface area (Å²) in [7, 11) is 0. The molecule has 4 N–H and O–H groups in total. The molecule has 1 aromatic rings. The molecule has 0 fully saturated rings. The van der Waals surface area contributed by atoms with E-state index >= 15 is 0 Å². The maximum absolute atomic E-state index is 11.3. The van der Waals surface area contributed by atoms with Gasteiger partial charge in [-0.1, -0.05) is 24.3 Å². The minimum atomic E-state index is -0.331. The topological polar surface area (TPSA) is 84.2 Å². The zero-order valence-corrected chi connectivity index (χ0v) is 9.57. The van der Waals surface area contributed by atoms with Crippen LogP contribution >= 0.6 is 0 Å². The molecule has 0 aromatic heterocycles. The molecule has 5 nitrogen and oxygen atoms in total. The summed E-state index contributed by atoms with van der Waals surface area (Å²) in [6.07, 6.45) is 3.63. The number of nitrogens with one attached hydrogen (secondary N) is 2. The smallest absolute Gasteiger partial charge is 0.265 e. The second-order valence-electron chi connectivity index (χ2n) is 3.44. The van der Waals surface area contributed by atoms with E-state index in [2.05, 4.69) is 10.7 Å². The highest BCUT2D eigenvalue weighted by Gasteiger charge is 2.01. The molecular weight excluding hydrogens is 218 g/mol. The summed E-state index contributed by atoms with van der Waals surface area (Å²) in [5.74, 6) is 4.63. The predicted octanol–water partition coefficient (Wildman–Crippen LogP) is 0.439. The van der Waals surface area contributed by atoms with Crippen LogP contribution in [0.15, 0.2) is 30.3 Å². The van der Waals surface area contributed by atoms with Crippen LogP contribution in [0.2, 0.25) is 0 Å². The van der Waals surface area contributed by atoms with Crippen molar-refractivity contribution in [2.24, 2.45) is 5.84 Å². The van der Waals surface area contributed by atoms with Gasteiger partial charge in [-0.2, -0.15) is 0 Å². The fourth-order valence-electron chi connectivity index (χ4n) is 1.26. The third kappa shape index (κ3) is 4.48. The van der Waals surface area contributed by atoms with Crippen LogP contribution in [0.25, 0.3) is 6.08 Å². The van der Waals surface area contributed by atoms with Gasteiger partial charge in [-0.25, -0.2) is 5.84 Å². The van der Waals surface area contributed by atoms with Crippen LogP contribution in [0.4, 0.5) is 0 Å². The number of hydrogen-bond acceptors (Lipinski definition) is 3. The van der Waals surface area contributed by atoms with Gasteiger partial charge in [-0.3, -0.25) is 15.0 Å². The van der Waals surface area contributed by atoms with E-state index in [4.69, 9.17) is 5.84 Å². The zero-order valence-electron chi connectivity index (χ0n) is 9.57. The average molecular weight is 233 g/mol. The Kier molecular flexibility index (Phi) is 4.90. The summed E-state index contributed by atoms with van der Waals surface area (Å²) in [5.41, 5.74) is 3.44. The number of carbonyl (C=O) groups excluding carboxylic acids is 2. The summed E-state index contributed by atoms with van der Waals surface area (Å²) in [6, 6.07) is 7.01. The van der Waals surface area contributed by atoms with Crippen LogP contribution in [0.1, 0.15) is 22.8 Å². The summed E-state index contributed by atoms with van der Waals surface area (Å²) < 4.78 is 0. The van der Waals surface area contributed by atoms with Crippen molar-refractivity contribution in [2.45, 2.75) is 6.92 Å². The van der Waals surface area contributed by atoms with E-state index in [-0.39, 0.29) is 11.8 Å². The summed E-state index contributed by atoms with van der Waals surface area (Å²) in [4.78, 5) is 21.9. The first kappa shape index (κ1) is 12.9. The minimum absolute atomic E-state index is 0.0779. The minimum Gasteiger partial charge on any atom is -0.353 e. The maximum Gasteiger partial charge on any atom is 0.265 e. The molecular formula is C12H15N3O2. The molecule has 0 saturated heterocycles. The number of nitrogen functional groups attached to an aromatic ring is 1. The molecule has 0 aliphatic rings. The Hall–Kier alpha value is -2.14. The Morgan fingerprint density at radius 2 is 2.18 bits per heavy atom. The van der Waals surface area contributed by atoms with Crippen molar-refractivity contribution in [1.29, 1.82) is 0 Å². The third-order valence-electron chi connectivity index (χ3n) is 2.06. The van der Waals surface area contributed by atoms with E-state index in [0.717, 1.165) is 5.56 Å². The summed E-state index contributed by atoms with van der Waals surface area (Å²) in [5, 5.41) is 2.64. The molecule has 0 atom stereocenters. The van der Waals surface area contributed by atoms with E-state index in [9.17, 15) is 9.59 Å². The van der Waals surface area contributed by atoms with E-state index < -0.39 is 0 Å². The predicted molar refractivity (Wildman–Crippen MR) is 65.8 cm³/mol. The van der Waals surface area contributed by atoms with Crippen LogP contribution in [0.3, 0.4) is 0 Å². The molecule has 5 heteroatoms. The third-order valence-corrected chi connectivity index (χ3v) is 2.06. The molecule has 0 radical (unpaired) electrons. The second kappa shape index (κ2) is 6.44. The Bertz CT molecular complexity index is 441. The van der Waals surface area contributed by atoms with Crippen LogP contribution in [0, 0.1) is 0 Å². The van der Waals surface area contributed by atoms with Crippen molar-refractivity contribution < 1.29 is 9.59 Å². The van der Waals surface area contributed by atoms with Crippen molar-refractivity contribution in [2.75, 3.05) is 6.54 Å². The molecule has 0 spiro atoms. The number of carbonyl (C=O) groups is 2. The van der Waals surface area contributed by atoms with Crippen molar-refractivity contribution in [1.82, 2.24) is 10.7 Å². The molecule has 0 heterocycles. The first-order chi connectivity index (χ1) is 8.13. The number of benzene rings is 1. The van der Waals surface area contributed by atoms with Gasteiger partial charge in [0.25, 0.3) is 5.91 Å². The highest BCUT2D eigenvalue weighted by Crippen LogP contribution is 2.06. The molecule has 2 amide bonds. The van der Waals surface area contributed by atoms with Gasteiger partial charge in [-0.15, -0.1) is 0 Å². The maximum atomic E-state index is 11.3. The number of nitrogens with two attached hydrogens (primary N) is 1. The molecule has 0 aliphatic carbocycles. The molecule has 0 bridgehead atoms. The van der Waals surface area contributed by atoms with Crippen LogP contribution in [0.5, 0.6) is 0 Å². The number of hydrogen-bond donors (Lipinski definition) is 3. The first-order valence-corrected chi connectivity index (χ1v) is 5.15. The lowest BCUT2D eigenvalue weighted by Gasteiger charge is -2.00. The van der Waals surface area contributed by atoms with E-state index in [1.165, 1.54) is 6.92 Å². The summed E-state index contributed by atoms with van der Waals surface area (Å²) in [6.45, 7) is 1.92. The van der Waals surface area contributed by atoms with Crippen LogP contribution < -0.4 is 16.6 Å². The van der Waals surface area contributed by atoms with Gasteiger partial charge in [-0.05, 0) is 17.7 Å². The highest BCUT2D eigenvalue weighted by atomic mass is 16.2. The van der Waals surface area contributed by atoms with Gasteiger partial charge >= 0.3 is 0 Å². The molecule has 0 saturated carbocycles. The lowest BCUT2D eigenvalue weighted by molar-refractivity contribution is -0.118. The largest absolute Gasteiger partial charge is 0.353 e. The second-order valence-corrected chi connectivity index (χ2v) is 3.44. The normalized spacial score (nSPS) is 10.2. The Morgan fingerprint density at radius 3 is 2.82 bits per heavy atom. The molecule has 1 rings (SSSR count). The lowest BCUT2D eigenvalue weighted by atomic mass is 10.1. The number of amides is 2. The van der Waals surface area contributed by atoms with Gasteiger partial charge in [0, 0.05) is 19.0 Å². The van der Waals surface area contributed by atoms with E-state index in [0.29, 0.717) is 12.1 Å². The molecule has 17 heavy (non-hydrogen) atoms. The fraction of sp³-hybridized carbons (Fsp3) is 0.167. The van der Waals surface area contributed by atoms with Crippen LogP contribution in [-0.4, -0.2) is 18.4 Å². The van der Waals surface area contributed by atoms with Gasteiger partial charge in [0.2, 0.25) is 5.91 Å². The highest BCUT2D eigenvalue weighted by molar-refractivity contribution is 5.94. The standard InChI is InChI=1S/C12H15N3O2/c1-9(16)14-7-3-5-10-4-2-6-11(8-10)12(17)15-13/h2-6,8H,7,13H2,1H3,(H,14,16)(H,15,17). The lowest BCUT2D eigenvalue weighted by Crippen LogP contribution is -2.29. The molecule has 90 valence electrons. The van der Waals surface area contributed by atoms with Crippen molar-refractivity contribution >= 4 is 17.9 Å². The average Bonchev–Trinajstić information content (AvgIpc) is 2.34. The van der Waals surface area contributed by atoms with E-state index in [1.807, 2.05) is 12.1 Å². The van der Waals surface area contributed by atoms with E-state index in [1.54, 1.807) is 24.3 Å². The molecule has 0 unspecified atom stereocenters. The summed E-state index contributed by atoms with van der Waals surface area (Å²) >= 11 is 0. The quantitative estimate of drug-likeness (QED) is 0.401.